The van der Waals surface area contributed by atoms with E-state index in [9.17, 15) is 9.59 Å². The van der Waals surface area contributed by atoms with E-state index in [1.165, 1.54) is 0 Å². The molecule has 1 aromatic heterocycles. The molecule has 0 spiro atoms. The Hall–Kier alpha value is -1.41. The van der Waals surface area contributed by atoms with Crippen LogP contribution < -0.4 is 22.1 Å². The molecule has 1 aromatic rings. The van der Waals surface area contributed by atoms with Gasteiger partial charge in [0.25, 0.3) is 11.8 Å². The maximum atomic E-state index is 11.6. The summed E-state index contributed by atoms with van der Waals surface area (Å²) in [7, 11) is 0. The molecule has 2 heterocycles. The first-order chi connectivity index (χ1) is 9.23. The van der Waals surface area contributed by atoms with Crippen LogP contribution in [-0.4, -0.2) is 35.4 Å². The van der Waals surface area contributed by atoms with Crippen molar-refractivity contribution in [1.82, 2.24) is 0 Å². The highest BCUT2D eigenvalue weighted by Gasteiger charge is 2.32. The fraction of sp³-hybridized carbons (Fsp3) is 0.500. The minimum atomic E-state index is -0.633. The Morgan fingerprint density at radius 2 is 1.90 bits per heavy atom. The van der Waals surface area contributed by atoms with E-state index in [-0.39, 0.29) is 20.9 Å². The molecule has 8 heteroatoms. The van der Waals surface area contributed by atoms with Gasteiger partial charge < -0.3 is 22.1 Å². The zero-order valence-corrected chi connectivity index (χ0v) is 13.1. The highest BCUT2D eigenvalue weighted by atomic mass is 32.2. The van der Waals surface area contributed by atoms with Gasteiger partial charge in [0.05, 0.1) is 11.3 Å². The Morgan fingerprint density at radius 1 is 1.25 bits per heavy atom. The number of hydrogen-bond donors (Lipinski definition) is 3. The van der Waals surface area contributed by atoms with Crippen molar-refractivity contribution >= 4 is 45.6 Å². The molecule has 20 heavy (non-hydrogen) atoms. The van der Waals surface area contributed by atoms with Gasteiger partial charge in [0.15, 0.2) is 0 Å². The molecule has 0 bridgehead atoms. The van der Waals surface area contributed by atoms with E-state index >= 15 is 0 Å². The van der Waals surface area contributed by atoms with E-state index in [0.717, 1.165) is 30.2 Å². The molecule has 0 atom stereocenters. The molecule has 1 aliphatic heterocycles. The van der Waals surface area contributed by atoms with Gasteiger partial charge in [0.1, 0.15) is 9.88 Å². The first-order valence-corrected chi connectivity index (χ1v) is 7.94. The van der Waals surface area contributed by atoms with Gasteiger partial charge in [-0.05, 0) is 13.8 Å². The number of amides is 2. The van der Waals surface area contributed by atoms with Crippen LogP contribution in [-0.2, 0) is 0 Å². The van der Waals surface area contributed by atoms with Crippen LogP contribution in [0.25, 0.3) is 0 Å². The third-order valence-corrected chi connectivity index (χ3v) is 5.69. The zero-order chi connectivity index (χ0) is 15.1. The van der Waals surface area contributed by atoms with Crippen molar-refractivity contribution in [3.05, 3.63) is 10.4 Å². The van der Waals surface area contributed by atoms with Gasteiger partial charge >= 0.3 is 0 Å². The summed E-state index contributed by atoms with van der Waals surface area (Å²) in [6, 6.07) is 0. The van der Waals surface area contributed by atoms with Crippen molar-refractivity contribution in [1.29, 1.82) is 0 Å². The largest absolute Gasteiger partial charge is 0.397 e. The standard InChI is InChI=1S/C12H18N4O2S2/c1-12(2)5-16(3-4-19-12)11-6(9(14)17)7(13)8(20-11)10(15)18/h3-5,13H2,1-2H3,(H2,14,17)(H2,15,18). The third kappa shape index (κ3) is 2.71. The highest BCUT2D eigenvalue weighted by Crippen LogP contribution is 2.41. The van der Waals surface area contributed by atoms with Crippen LogP contribution in [0.1, 0.15) is 33.9 Å². The predicted molar refractivity (Wildman–Crippen MR) is 84.5 cm³/mol. The van der Waals surface area contributed by atoms with E-state index in [2.05, 4.69) is 18.7 Å². The number of rotatable bonds is 3. The molecular weight excluding hydrogens is 296 g/mol. The predicted octanol–water partition coefficient (Wildman–Crippen LogP) is 0.860. The summed E-state index contributed by atoms with van der Waals surface area (Å²) in [6.07, 6.45) is 0. The smallest absolute Gasteiger partial charge is 0.260 e. The lowest BCUT2D eigenvalue weighted by atomic mass is 10.1. The fourth-order valence-corrected chi connectivity index (χ4v) is 4.48. The molecule has 6 nitrogen and oxygen atoms in total. The number of thioether (sulfide) groups is 1. The Balaban J connectivity index is 2.48. The van der Waals surface area contributed by atoms with Crippen molar-refractivity contribution in [2.75, 3.05) is 29.5 Å². The lowest BCUT2D eigenvalue weighted by Gasteiger charge is -2.38. The molecule has 1 saturated heterocycles. The van der Waals surface area contributed by atoms with Crippen molar-refractivity contribution < 1.29 is 9.59 Å². The average molecular weight is 314 g/mol. The molecule has 110 valence electrons. The molecule has 6 N–H and O–H groups in total. The number of carbonyl (C=O) groups excluding carboxylic acids is 2. The number of nitrogens with zero attached hydrogens (tertiary/aromatic N) is 1. The zero-order valence-electron chi connectivity index (χ0n) is 11.4. The van der Waals surface area contributed by atoms with E-state index < -0.39 is 11.8 Å². The van der Waals surface area contributed by atoms with Crippen LogP contribution in [0.5, 0.6) is 0 Å². The van der Waals surface area contributed by atoms with Gasteiger partial charge in [0.2, 0.25) is 0 Å². The van der Waals surface area contributed by atoms with Gasteiger partial charge in [-0.25, -0.2) is 0 Å². The molecule has 0 aliphatic carbocycles. The highest BCUT2D eigenvalue weighted by molar-refractivity contribution is 8.00. The lowest BCUT2D eigenvalue weighted by Crippen LogP contribution is -2.43. The average Bonchev–Trinajstić information content (AvgIpc) is 2.65. The molecule has 1 aliphatic rings. The number of primary amides is 2. The number of anilines is 2. The van der Waals surface area contributed by atoms with Crippen LogP contribution >= 0.6 is 23.1 Å². The minimum absolute atomic E-state index is 0.0683. The first-order valence-electron chi connectivity index (χ1n) is 6.13. The van der Waals surface area contributed by atoms with Crippen molar-refractivity contribution in [2.24, 2.45) is 11.5 Å². The van der Waals surface area contributed by atoms with Gasteiger partial charge in [0, 0.05) is 23.6 Å². The molecule has 0 unspecified atom stereocenters. The minimum Gasteiger partial charge on any atom is -0.397 e. The van der Waals surface area contributed by atoms with E-state index in [1.54, 1.807) is 0 Å². The summed E-state index contributed by atoms with van der Waals surface area (Å²) < 4.78 is 0.0683. The van der Waals surface area contributed by atoms with E-state index in [0.29, 0.717) is 5.00 Å². The van der Waals surface area contributed by atoms with Gasteiger partial charge in [-0.2, -0.15) is 11.8 Å². The van der Waals surface area contributed by atoms with Gasteiger partial charge in [-0.3, -0.25) is 9.59 Å². The Kier molecular flexibility index (Phi) is 3.88. The van der Waals surface area contributed by atoms with E-state index in [4.69, 9.17) is 17.2 Å². The molecular formula is C12H18N4O2S2. The van der Waals surface area contributed by atoms with Crippen LogP contribution in [0.2, 0.25) is 0 Å². The van der Waals surface area contributed by atoms with Crippen molar-refractivity contribution in [2.45, 2.75) is 18.6 Å². The van der Waals surface area contributed by atoms with Gasteiger partial charge in [-0.15, -0.1) is 11.3 Å². The Morgan fingerprint density at radius 3 is 2.40 bits per heavy atom. The van der Waals surface area contributed by atoms with Crippen molar-refractivity contribution in [3.63, 3.8) is 0 Å². The number of carbonyl (C=O) groups is 2. The SMILES string of the molecule is CC1(C)CN(c2sc(C(N)=O)c(N)c2C(N)=O)CCS1. The summed E-state index contributed by atoms with van der Waals surface area (Å²) in [6.45, 7) is 5.82. The summed E-state index contributed by atoms with van der Waals surface area (Å²) in [5.41, 5.74) is 16.9. The number of hydrogen-bond acceptors (Lipinski definition) is 6. The monoisotopic (exact) mass is 314 g/mol. The fourth-order valence-electron chi connectivity index (χ4n) is 2.27. The molecule has 2 rings (SSSR count). The van der Waals surface area contributed by atoms with Crippen LogP contribution in [0, 0.1) is 0 Å². The quantitative estimate of drug-likeness (QED) is 0.765. The number of nitrogen functional groups attached to an aromatic ring is 1. The summed E-state index contributed by atoms with van der Waals surface area (Å²) in [5, 5.41) is 0.650. The summed E-state index contributed by atoms with van der Waals surface area (Å²) >= 11 is 3.02. The Labute approximate surface area is 125 Å². The summed E-state index contributed by atoms with van der Waals surface area (Å²) in [5.74, 6) is -0.321. The van der Waals surface area contributed by atoms with Crippen LogP contribution in [0.4, 0.5) is 10.7 Å². The molecule has 2 amide bonds. The third-order valence-electron chi connectivity index (χ3n) is 3.11. The van der Waals surface area contributed by atoms with Crippen LogP contribution in [0.3, 0.4) is 0 Å². The topological polar surface area (TPSA) is 115 Å². The van der Waals surface area contributed by atoms with Gasteiger partial charge in [-0.1, -0.05) is 0 Å². The Bertz CT molecular complexity index is 568. The second kappa shape index (κ2) is 5.17. The molecule has 0 aromatic carbocycles. The number of nitrogens with two attached hydrogens (primary N) is 3. The normalized spacial score (nSPS) is 18.0. The lowest BCUT2D eigenvalue weighted by molar-refractivity contribution is 0.0999. The molecule has 1 fully saturated rings. The molecule has 0 radical (unpaired) electrons. The first kappa shape index (κ1) is 15.0. The van der Waals surface area contributed by atoms with Crippen LogP contribution in [0.15, 0.2) is 0 Å². The number of thiophene rings is 1. The second-order valence-electron chi connectivity index (χ2n) is 5.28. The van der Waals surface area contributed by atoms with Crippen molar-refractivity contribution in [3.8, 4) is 0 Å². The molecule has 0 saturated carbocycles. The maximum absolute atomic E-state index is 11.6. The van der Waals surface area contributed by atoms with E-state index in [1.807, 2.05) is 11.8 Å². The maximum Gasteiger partial charge on any atom is 0.260 e. The second-order valence-corrected chi connectivity index (χ2v) is 8.08. The summed E-state index contributed by atoms with van der Waals surface area (Å²) in [4.78, 5) is 25.3.